The van der Waals surface area contributed by atoms with Gasteiger partial charge in [0, 0.05) is 4.88 Å². The molecular formula is C27H29N3O7S3. The Morgan fingerprint density at radius 2 is 2.02 bits per heavy atom. The molecule has 0 saturated carbocycles. The van der Waals surface area contributed by atoms with Crippen molar-refractivity contribution in [3.05, 3.63) is 39.0 Å². The van der Waals surface area contributed by atoms with Gasteiger partial charge in [0.05, 0.1) is 36.0 Å². The van der Waals surface area contributed by atoms with E-state index in [1.807, 2.05) is 0 Å². The average molecular weight is 604 g/mol. The molecule has 40 heavy (non-hydrogen) atoms. The molecule has 1 aliphatic rings. The Labute approximate surface area is 239 Å². The minimum absolute atomic E-state index is 0.125. The third-order valence-electron chi connectivity index (χ3n) is 6.30. The predicted molar refractivity (Wildman–Crippen MR) is 155 cm³/mol. The van der Waals surface area contributed by atoms with Crippen molar-refractivity contribution in [2.45, 2.75) is 39.7 Å². The highest BCUT2D eigenvalue weighted by molar-refractivity contribution is 7.92. The van der Waals surface area contributed by atoms with Gasteiger partial charge in [-0.2, -0.15) is 4.99 Å². The van der Waals surface area contributed by atoms with Gasteiger partial charge in [-0.25, -0.2) is 13.2 Å². The number of nitrogens with one attached hydrogen (secondary N) is 1. The number of sulfone groups is 1. The van der Waals surface area contributed by atoms with Gasteiger partial charge in [0.2, 0.25) is 5.91 Å². The van der Waals surface area contributed by atoms with E-state index in [1.165, 1.54) is 29.8 Å². The lowest BCUT2D eigenvalue weighted by Gasteiger charge is -2.18. The van der Waals surface area contributed by atoms with E-state index in [2.05, 4.69) is 23.2 Å². The lowest BCUT2D eigenvalue weighted by molar-refractivity contribution is -0.115. The van der Waals surface area contributed by atoms with Crippen LogP contribution in [0, 0.1) is 18.3 Å². The van der Waals surface area contributed by atoms with E-state index in [-0.39, 0.29) is 28.5 Å². The van der Waals surface area contributed by atoms with Crippen molar-refractivity contribution in [3.8, 4) is 18.1 Å². The fraction of sp³-hybridized carbons (Fsp3) is 0.407. The second-order valence-electron chi connectivity index (χ2n) is 9.37. The van der Waals surface area contributed by atoms with Crippen LogP contribution in [0.5, 0.6) is 5.75 Å². The van der Waals surface area contributed by atoms with Crippen LogP contribution in [0.15, 0.2) is 23.2 Å². The molecule has 2 aromatic heterocycles. The molecule has 1 N–H and O–H groups in total. The van der Waals surface area contributed by atoms with Crippen molar-refractivity contribution in [2.75, 3.05) is 30.5 Å². The summed E-state index contributed by atoms with van der Waals surface area (Å²) in [5.41, 5.74) is 1.85. The highest BCUT2D eigenvalue weighted by Crippen LogP contribution is 2.40. The molecule has 2 heterocycles. The molecule has 0 bridgehead atoms. The number of hydrogen-bond acceptors (Lipinski definition) is 9. The number of thiophene rings is 1. The fourth-order valence-electron chi connectivity index (χ4n) is 4.51. The number of thiazole rings is 1. The normalized spacial score (nSPS) is 15.3. The summed E-state index contributed by atoms with van der Waals surface area (Å²) in [7, 11) is -2.64. The minimum Gasteiger partial charge on any atom is -0.497 e. The number of fused-ring (bicyclic) bond motifs is 2. The zero-order valence-electron chi connectivity index (χ0n) is 22.3. The summed E-state index contributed by atoms with van der Waals surface area (Å²) in [4.78, 5) is 43.4. The Balaban J connectivity index is 1.52. The van der Waals surface area contributed by atoms with E-state index in [0.717, 1.165) is 33.5 Å². The molecule has 0 aliphatic heterocycles. The Morgan fingerprint density at radius 3 is 2.73 bits per heavy atom. The number of methoxy groups -OCH3 is 1. The quantitative estimate of drug-likeness (QED) is 0.293. The summed E-state index contributed by atoms with van der Waals surface area (Å²) >= 11 is 2.43. The Morgan fingerprint density at radius 1 is 1.25 bits per heavy atom. The number of carbonyl (C=O) groups excluding carboxylic acids is 3. The molecule has 1 unspecified atom stereocenters. The molecule has 2 amide bonds. The number of hydrogen-bond donors (Lipinski definition) is 1. The lowest BCUT2D eigenvalue weighted by atomic mass is 9.88. The Bertz CT molecular complexity index is 1690. The van der Waals surface area contributed by atoms with E-state index in [0.29, 0.717) is 18.1 Å². The topological polar surface area (TPSA) is 133 Å². The summed E-state index contributed by atoms with van der Waals surface area (Å²) in [6.45, 7) is 4.10. The molecule has 13 heteroatoms. The number of esters is 1. The largest absolute Gasteiger partial charge is 0.497 e. The predicted octanol–water partition coefficient (Wildman–Crippen LogP) is 3.19. The summed E-state index contributed by atoms with van der Waals surface area (Å²) in [6, 6.07) is 5.29. The van der Waals surface area contributed by atoms with Crippen molar-refractivity contribution < 1.29 is 32.3 Å². The average Bonchev–Trinajstić information content (AvgIpc) is 3.39. The van der Waals surface area contributed by atoms with Crippen LogP contribution in [0.1, 0.15) is 41.1 Å². The molecule has 1 aromatic carbocycles. The Hall–Kier alpha value is -3.47. The van der Waals surface area contributed by atoms with Crippen LogP contribution in [0.4, 0.5) is 5.00 Å². The van der Waals surface area contributed by atoms with Gasteiger partial charge >= 0.3 is 5.97 Å². The molecule has 3 aromatic rings. The summed E-state index contributed by atoms with van der Waals surface area (Å²) in [5.74, 6) is -0.676. The van der Waals surface area contributed by atoms with Crippen LogP contribution in [0.3, 0.4) is 0 Å². The van der Waals surface area contributed by atoms with Crippen molar-refractivity contribution in [1.82, 2.24) is 4.57 Å². The van der Waals surface area contributed by atoms with Gasteiger partial charge in [0.25, 0.3) is 5.91 Å². The molecule has 10 nitrogen and oxygen atoms in total. The van der Waals surface area contributed by atoms with Crippen LogP contribution in [-0.2, 0) is 43.5 Å². The van der Waals surface area contributed by atoms with Crippen LogP contribution in [-0.4, -0.2) is 56.0 Å². The van der Waals surface area contributed by atoms with Gasteiger partial charge in [-0.3, -0.25) is 9.59 Å². The third kappa shape index (κ3) is 6.63. The molecule has 1 atom stereocenters. The fourth-order valence-corrected chi connectivity index (χ4v) is 8.01. The van der Waals surface area contributed by atoms with Crippen LogP contribution in [0.2, 0.25) is 0 Å². The zero-order valence-corrected chi connectivity index (χ0v) is 24.8. The maximum absolute atomic E-state index is 12.8. The first-order valence-corrected chi connectivity index (χ1v) is 16.0. The molecule has 0 fully saturated rings. The summed E-state index contributed by atoms with van der Waals surface area (Å²) < 4.78 is 38.4. The van der Waals surface area contributed by atoms with E-state index in [4.69, 9.17) is 15.9 Å². The van der Waals surface area contributed by atoms with E-state index in [1.54, 1.807) is 29.7 Å². The van der Waals surface area contributed by atoms with Crippen molar-refractivity contribution in [3.63, 3.8) is 0 Å². The van der Waals surface area contributed by atoms with Crippen molar-refractivity contribution in [1.29, 1.82) is 0 Å². The maximum atomic E-state index is 12.8. The van der Waals surface area contributed by atoms with E-state index < -0.39 is 39.1 Å². The number of amides is 2. The second kappa shape index (κ2) is 12.4. The number of benzene rings is 1. The van der Waals surface area contributed by atoms with Gasteiger partial charge < -0.3 is 19.4 Å². The highest BCUT2D eigenvalue weighted by atomic mass is 32.2. The van der Waals surface area contributed by atoms with E-state index in [9.17, 15) is 22.8 Å². The van der Waals surface area contributed by atoms with Gasteiger partial charge in [-0.15, -0.1) is 17.8 Å². The first-order valence-electron chi connectivity index (χ1n) is 12.6. The molecule has 0 saturated heterocycles. The number of anilines is 1. The van der Waals surface area contributed by atoms with Crippen LogP contribution in [0.25, 0.3) is 10.2 Å². The van der Waals surface area contributed by atoms with Crippen LogP contribution >= 0.6 is 22.7 Å². The van der Waals surface area contributed by atoms with Gasteiger partial charge in [0.15, 0.2) is 14.6 Å². The Kier molecular flexibility index (Phi) is 9.12. The summed E-state index contributed by atoms with van der Waals surface area (Å²) in [5, 5.41) is 2.85. The third-order valence-corrected chi connectivity index (χ3v) is 9.90. The van der Waals surface area contributed by atoms with Gasteiger partial charge in [0.1, 0.15) is 22.3 Å². The van der Waals surface area contributed by atoms with Gasteiger partial charge in [-0.05, 0) is 55.9 Å². The molecule has 1 aliphatic carbocycles. The number of ether oxygens (including phenoxy) is 2. The molecule has 0 spiro atoms. The number of nitrogens with zero attached hydrogens (tertiary/aromatic N) is 2. The van der Waals surface area contributed by atoms with Crippen LogP contribution < -0.4 is 14.9 Å². The first kappa shape index (κ1) is 29.5. The number of carbonyl (C=O) groups is 3. The van der Waals surface area contributed by atoms with E-state index >= 15 is 0 Å². The SMILES string of the molecule is C#CCn1c(=NC(=O)CS(=O)(=O)CC(=O)Nc2sc3c(c2C(=O)OCC)CCC(C)C3)sc2cc(OC)ccc21. The monoisotopic (exact) mass is 603 g/mol. The van der Waals surface area contributed by atoms with Gasteiger partial charge in [-0.1, -0.05) is 24.2 Å². The van der Waals surface area contributed by atoms with Crippen molar-refractivity contribution in [2.24, 2.45) is 10.9 Å². The molecule has 0 radical (unpaired) electrons. The van der Waals surface area contributed by atoms with Crippen molar-refractivity contribution >= 4 is 65.5 Å². The molecule has 212 valence electrons. The first-order chi connectivity index (χ1) is 19.0. The number of terminal acetylenes is 1. The summed E-state index contributed by atoms with van der Waals surface area (Å²) in [6.07, 6.45) is 7.83. The maximum Gasteiger partial charge on any atom is 0.341 e. The molecule has 4 rings (SSSR count). The number of rotatable bonds is 9. The lowest BCUT2D eigenvalue weighted by Crippen LogP contribution is -2.28. The standard InChI is InChI=1S/C27H29N3O7S3/c1-5-11-30-19-10-8-17(36-4)13-21(19)39-27(30)29-23(32)15-40(34,35)14-22(31)28-25-24(26(33)37-6-2)18-9-7-16(3)12-20(18)38-25/h1,8,10,13,16H,6-7,9,11-12,14-15H2,2-4H3,(H,28,31). The highest BCUT2D eigenvalue weighted by Gasteiger charge is 2.30. The second-order valence-corrected chi connectivity index (χ2v) is 13.5. The smallest absolute Gasteiger partial charge is 0.341 e. The zero-order chi connectivity index (χ0) is 29.0. The number of aromatic nitrogens is 1. The minimum atomic E-state index is -4.17. The molecular weight excluding hydrogens is 575 g/mol.